The summed E-state index contributed by atoms with van der Waals surface area (Å²) in [7, 11) is 0. The molecule has 6 rings (SSSR count). The number of aromatic amines is 1. The number of nitrogens with zero attached hydrogens (tertiary/aromatic N) is 5. The van der Waals surface area contributed by atoms with Crippen molar-refractivity contribution in [3.05, 3.63) is 72.8 Å². The number of nitrogens with one attached hydrogen (secondary N) is 2. The first-order valence-electron chi connectivity index (χ1n) is 14.4. The van der Waals surface area contributed by atoms with Gasteiger partial charge in [0.15, 0.2) is 0 Å². The normalized spacial score (nSPS) is 17.2. The summed E-state index contributed by atoms with van der Waals surface area (Å²) in [5, 5.41) is 12.2. The molecular weight excluding hydrogens is 482 g/mol. The molecule has 0 aliphatic carbocycles. The van der Waals surface area contributed by atoms with Crippen LogP contribution in [-0.2, 0) is 6.54 Å². The smallest absolute Gasteiger partial charge is 0.128 e. The molecule has 0 amide bonds. The van der Waals surface area contributed by atoms with Gasteiger partial charge in [-0.3, -0.25) is 15.0 Å². The van der Waals surface area contributed by atoms with Gasteiger partial charge in [0.05, 0.1) is 23.1 Å². The van der Waals surface area contributed by atoms with Gasteiger partial charge in [0.25, 0.3) is 0 Å². The van der Waals surface area contributed by atoms with Crippen molar-refractivity contribution >= 4 is 28.1 Å². The van der Waals surface area contributed by atoms with E-state index in [1.165, 1.54) is 50.8 Å². The Morgan fingerprint density at radius 2 is 1.79 bits per heavy atom. The number of benzene rings is 1. The minimum absolute atomic E-state index is 0.456. The van der Waals surface area contributed by atoms with Crippen molar-refractivity contribution in [1.82, 2.24) is 25.1 Å². The van der Waals surface area contributed by atoms with Gasteiger partial charge in [0.2, 0.25) is 0 Å². The zero-order chi connectivity index (χ0) is 26.8. The van der Waals surface area contributed by atoms with Crippen molar-refractivity contribution < 1.29 is 0 Å². The van der Waals surface area contributed by atoms with Crippen LogP contribution in [0, 0.1) is 5.41 Å². The second-order valence-corrected chi connectivity index (χ2v) is 11.3. The lowest BCUT2D eigenvalue weighted by Gasteiger charge is -2.50. The number of H-pyrrole nitrogens is 1. The van der Waals surface area contributed by atoms with Crippen LogP contribution in [0.4, 0.5) is 11.5 Å². The number of pyridine rings is 2. The molecule has 0 spiro atoms. The van der Waals surface area contributed by atoms with E-state index >= 15 is 0 Å². The van der Waals surface area contributed by atoms with E-state index in [9.17, 15) is 0 Å². The van der Waals surface area contributed by atoms with E-state index in [-0.39, 0.29) is 0 Å². The van der Waals surface area contributed by atoms with Gasteiger partial charge in [-0.05, 0) is 80.2 Å². The molecule has 0 unspecified atom stereocenters. The van der Waals surface area contributed by atoms with Gasteiger partial charge < -0.3 is 10.2 Å². The maximum atomic E-state index is 4.72. The number of rotatable bonds is 9. The maximum Gasteiger partial charge on any atom is 0.128 e. The molecule has 2 saturated heterocycles. The molecule has 0 atom stereocenters. The number of hydrogen-bond acceptors (Lipinski definition) is 6. The topological polar surface area (TPSA) is 73.0 Å². The lowest BCUT2D eigenvalue weighted by atomic mass is 9.75. The zero-order valence-electron chi connectivity index (χ0n) is 23.2. The lowest BCUT2D eigenvalue weighted by Crippen LogP contribution is -2.56. The molecule has 39 heavy (non-hydrogen) atoms. The van der Waals surface area contributed by atoms with Gasteiger partial charge in [-0.15, -0.1) is 0 Å². The molecule has 2 fully saturated rings. The van der Waals surface area contributed by atoms with E-state index in [2.05, 4.69) is 87.1 Å². The summed E-state index contributed by atoms with van der Waals surface area (Å²) >= 11 is 0. The first-order valence-corrected chi connectivity index (χ1v) is 14.4. The summed E-state index contributed by atoms with van der Waals surface area (Å²) in [5.74, 6) is 1.04. The fraction of sp³-hybridized carbons (Fsp3) is 0.406. The summed E-state index contributed by atoms with van der Waals surface area (Å²) in [6.45, 7) is 14.4. The van der Waals surface area contributed by atoms with Gasteiger partial charge >= 0.3 is 0 Å². The van der Waals surface area contributed by atoms with E-state index in [0.29, 0.717) is 5.41 Å². The third-order valence-corrected chi connectivity index (χ3v) is 8.75. The van der Waals surface area contributed by atoms with Crippen molar-refractivity contribution in [3.63, 3.8) is 0 Å². The molecule has 0 radical (unpaired) electrons. The summed E-state index contributed by atoms with van der Waals surface area (Å²) in [6.07, 6.45) is 12.2. The summed E-state index contributed by atoms with van der Waals surface area (Å²) in [6, 6.07) is 12.8. The molecule has 7 heteroatoms. The van der Waals surface area contributed by atoms with E-state index < -0.39 is 0 Å². The summed E-state index contributed by atoms with van der Waals surface area (Å²) in [4.78, 5) is 14.2. The number of hydrogen-bond donors (Lipinski definition) is 2. The van der Waals surface area contributed by atoms with Crippen molar-refractivity contribution in [2.24, 2.45) is 5.41 Å². The molecule has 0 saturated carbocycles. The highest BCUT2D eigenvalue weighted by molar-refractivity contribution is 5.95. The number of piperidine rings is 1. The zero-order valence-corrected chi connectivity index (χ0v) is 23.2. The van der Waals surface area contributed by atoms with Crippen LogP contribution in [0.2, 0.25) is 0 Å². The largest absolute Gasteiger partial charge is 0.355 e. The van der Waals surface area contributed by atoms with Crippen LogP contribution >= 0.6 is 0 Å². The molecule has 202 valence electrons. The minimum Gasteiger partial charge on any atom is -0.355 e. The minimum atomic E-state index is 0.456. The molecule has 1 aromatic carbocycles. The number of fused-ring (bicyclic) bond motifs is 1. The Balaban J connectivity index is 1.16. The Morgan fingerprint density at radius 1 is 0.974 bits per heavy atom. The molecule has 0 bridgehead atoms. The Labute approximate surface area is 231 Å². The first-order chi connectivity index (χ1) is 19.1. The van der Waals surface area contributed by atoms with E-state index in [1.54, 1.807) is 0 Å². The van der Waals surface area contributed by atoms with Crippen LogP contribution in [0.5, 0.6) is 0 Å². The standard InChI is InChI=1S/C32H39N7/c1-4-32(5-2)21-39(22-32)30-12-10-27(19-34-30)35-23(3)31-28-16-25(9-11-29(28)36-37-31)26-15-24(17-33-18-26)20-38-13-7-6-8-14-38/h9-12,15-19,35H,3-8,13-14,20-22H2,1-2H3,(H,36,37). The van der Waals surface area contributed by atoms with Crippen LogP contribution in [0.1, 0.15) is 57.2 Å². The van der Waals surface area contributed by atoms with Gasteiger partial charge in [-0.2, -0.15) is 5.10 Å². The highest BCUT2D eigenvalue weighted by Crippen LogP contribution is 2.39. The average molecular weight is 522 g/mol. The van der Waals surface area contributed by atoms with E-state index in [0.717, 1.165) is 64.6 Å². The Kier molecular flexibility index (Phi) is 7.09. The second kappa shape index (κ2) is 10.8. The number of anilines is 2. The lowest BCUT2D eigenvalue weighted by molar-refractivity contribution is 0.193. The van der Waals surface area contributed by atoms with Crippen molar-refractivity contribution in [2.75, 3.05) is 36.4 Å². The molecule has 5 heterocycles. The number of aromatic nitrogens is 4. The highest BCUT2D eigenvalue weighted by Gasteiger charge is 2.40. The third-order valence-electron chi connectivity index (χ3n) is 8.75. The Bertz CT molecular complexity index is 1440. The molecule has 7 nitrogen and oxygen atoms in total. The second-order valence-electron chi connectivity index (χ2n) is 11.3. The van der Waals surface area contributed by atoms with Crippen molar-refractivity contribution in [1.29, 1.82) is 0 Å². The first kappa shape index (κ1) is 25.6. The predicted molar refractivity (Wildman–Crippen MR) is 161 cm³/mol. The molecule has 4 aromatic rings. The van der Waals surface area contributed by atoms with E-state index in [4.69, 9.17) is 4.98 Å². The van der Waals surface area contributed by atoms with Crippen LogP contribution in [0.3, 0.4) is 0 Å². The van der Waals surface area contributed by atoms with Crippen LogP contribution < -0.4 is 10.2 Å². The van der Waals surface area contributed by atoms with E-state index in [1.807, 2.05) is 18.6 Å². The predicted octanol–water partition coefficient (Wildman–Crippen LogP) is 6.72. The quantitative estimate of drug-likeness (QED) is 0.255. The monoisotopic (exact) mass is 521 g/mol. The Morgan fingerprint density at radius 3 is 2.54 bits per heavy atom. The van der Waals surface area contributed by atoms with Gasteiger partial charge in [0, 0.05) is 48.4 Å². The fourth-order valence-electron chi connectivity index (χ4n) is 6.03. The van der Waals surface area contributed by atoms with Gasteiger partial charge in [0.1, 0.15) is 11.5 Å². The highest BCUT2D eigenvalue weighted by atomic mass is 15.3. The third kappa shape index (κ3) is 5.28. The van der Waals surface area contributed by atoms with Crippen LogP contribution in [-0.4, -0.2) is 51.2 Å². The van der Waals surface area contributed by atoms with Crippen molar-refractivity contribution in [3.8, 4) is 11.1 Å². The molecule has 2 aliphatic heterocycles. The molecule has 3 aromatic heterocycles. The molecule has 2 N–H and O–H groups in total. The summed E-state index contributed by atoms with van der Waals surface area (Å²) in [5.41, 5.74) is 7.41. The van der Waals surface area contributed by atoms with Gasteiger partial charge in [-0.25, -0.2) is 4.98 Å². The maximum absolute atomic E-state index is 4.72. The van der Waals surface area contributed by atoms with Crippen LogP contribution in [0.25, 0.3) is 27.7 Å². The molecule has 2 aliphatic rings. The SMILES string of the molecule is C=C(Nc1ccc(N2CC(CC)(CC)C2)nc1)c1n[nH]c2ccc(-c3cncc(CN4CCCCC4)c3)cc12. The average Bonchev–Trinajstić information content (AvgIpc) is 3.38. The van der Waals surface area contributed by atoms with Gasteiger partial charge in [-0.1, -0.05) is 32.9 Å². The Hall–Kier alpha value is -3.71. The van der Waals surface area contributed by atoms with Crippen LogP contribution in [0.15, 0.2) is 61.6 Å². The molecular formula is C32H39N7. The number of likely N-dealkylation sites (tertiary alicyclic amines) is 1. The fourth-order valence-corrected chi connectivity index (χ4v) is 6.03. The van der Waals surface area contributed by atoms with Crippen molar-refractivity contribution in [2.45, 2.75) is 52.5 Å². The summed E-state index contributed by atoms with van der Waals surface area (Å²) < 4.78 is 0.